The summed E-state index contributed by atoms with van der Waals surface area (Å²) in [4.78, 5) is 1.30. The minimum Gasteiger partial charge on any atom is -0.409 e. The molecule has 0 amide bonds. The van der Waals surface area contributed by atoms with Crippen molar-refractivity contribution in [1.82, 2.24) is 0 Å². The van der Waals surface area contributed by atoms with Gasteiger partial charge in [0.05, 0.1) is 0 Å². The molecule has 0 aliphatic heterocycles. The number of fused-ring (bicyclic) bond motifs is 1. The molecule has 1 saturated carbocycles. The van der Waals surface area contributed by atoms with Crippen LogP contribution in [-0.4, -0.2) is 16.3 Å². The van der Waals surface area contributed by atoms with Crippen LogP contribution in [0.3, 0.4) is 0 Å². The molecule has 3 rings (SSSR count). The van der Waals surface area contributed by atoms with Gasteiger partial charge in [-0.1, -0.05) is 48.7 Å². The molecule has 0 radical (unpaired) electrons. The summed E-state index contributed by atoms with van der Waals surface area (Å²) in [5.41, 5.74) is 6.58. The van der Waals surface area contributed by atoms with E-state index in [1.165, 1.54) is 42.4 Å². The number of amidine groups is 1. The van der Waals surface area contributed by atoms with Crippen molar-refractivity contribution in [1.29, 1.82) is 0 Å². The summed E-state index contributed by atoms with van der Waals surface area (Å²) in [6, 6.07) is 12.3. The predicted octanol–water partition coefficient (Wildman–Crippen LogP) is 4.36. The SMILES string of the molecule is N/C(=N/O)c1ccc(SC2CCCCC2)c2ccccc12. The van der Waals surface area contributed by atoms with Gasteiger partial charge in [0.25, 0.3) is 0 Å². The van der Waals surface area contributed by atoms with Gasteiger partial charge in [0, 0.05) is 15.7 Å². The number of nitrogens with zero attached hydrogens (tertiary/aromatic N) is 1. The van der Waals surface area contributed by atoms with Gasteiger partial charge >= 0.3 is 0 Å². The lowest BCUT2D eigenvalue weighted by Crippen LogP contribution is -2.13. The molecule has 0 saturated heterocycles. The highest BCUT2D eigenvalue weighted by Crippen LogP contribution is 2.37. The monoisotopic (exact) mass is 300 g/mol. The minimum absolute atomic E-state index is 0.167. The maximum atomic E-state index is 8.94. The number of oxime groups is 1. The fraction of sp³-hybridized carbons (Fsp3) is 0.353. The average molecular weight is 300 g/mol. The molecule has 3 nitrogen and oxygen atoms in total. The van der Waals surface area contributed by atoms with Crippen molar-refractivity contribution in [2.75, 3.05) is 0 Å². The van der Waals surface area contributed by atoms with Crippen LogP contribution in [0.5, 0.6) is 0 Å². The van der Waals surface area contributed by atoms with E-state index in [0.29, 0.717) is 0 Å². The lowest BCUT2D eigenvalue weighted by molar-refractivity contribution is 0.318. The molecular formula is C17H20N2OS. The van der Waals surface area contributed by atoms with Gasteiger partial charge in [-0.15, -0.1) is 11.8 Å². The fourth-order valence-corrected chi connectivity index (χ4v) is 4.39. The van der Waals surface area contributed by atoms with Crippen molar-refractivity contribution in [2.24, 2.45) is 10.9 Å². The van der Waals surface area contributed by atoms with E-state index in [4.69, 9.17) is 10.9 Å². The smallest absolute Gasteiger partial charge is 0.170 e. The van der Waals surface area contributed by atoms with Gasteiger partial charge in [-0.3, -0.25) is 0 Å². The van der Waals surface area contributed by atoms with Crippen molar-refractivity contribution in [2.45, 2.75) is 42.2 Å². The van der Waals surface area contributed by atoms with Crippen LogP contribution in [0.25, 0.3) is 10.8 Å². The molecule has 0 spiro atoms. The average Bonchev–Trinajstić information content (AvgIpc) is 2.55. The first-order chi connectivity index (χ1) is 10.3. The largest absolute Gasteiger partial charge is 0.409 e. The highest BCUT2D eigenvalue weighted by Gasteiger charge is 2.17. The third-order valence-corrected chi connectivity index (χ3v) is 5.53. The summed E-state index contributed by atoms with van der Waals surface area (Å²) in [7, 11) is 0. The first-order valence-corrected chi connectivity index (χ1v) is 8.34. The van der Waals surface area contributed by atoms with Crippen LogP contribution >= 0.6 is 11.8 Å². The minimum atomic E-state index is 0.167. The van der Waals surface area contributed by atoms with Gasteiger partial charge in [-0.05, 0) is 35.7 Å². The molecule has 0 unspecified atom stereocenters. The predicted molar refractivity (Wildman–Crippen MR) is 89.2 cm³/mol. The van der Waals surface area contributed by atoms with E-state index in [2.05, 4.69) is 17.3 Å². The molecule has 1 aliphatic carbocycles. The fourth-order valence-electron chi connectivity index (χ4n) is 3.01. The summed E-state index contributed by atoms with van der Waals surface area (Å²) in [6.45, 7) is 0. The number of thioether (sulfide) groups is 1. The topological polar surface area (TPSA) is 58.6 Å². The molecule has 1 aliphatic rings. The standard InChI is InChI=1S/C17H20N2OS/c18-17(19-20)15-10-11-16(14-9-5-4-8-13(14)15)21-12-6-2-1-3-7-12/h4-5,8-12,20H,1-3,6-7H2,(H2,18,19). The number of hydrogen-bond donors (Lipinski definition) is 2. The maximum absolute atomic E-state index is 8.94. The molecule has 1 fully saturated rings. The van der Waals surface area contributed by atoms with Crippen LogP contribution in [0.15, 0.2) is 46.4 Å². The van der Waals surface area contributed by atoms with E-state index in [0.717, 1.165) is 16.2 Å². The Morgan fingerprint density at radius 2 is 1.76 bits per heavy atom. The molecule has 110 valence electrons. The molecule has 0 heterocycles. The van der Waals surface area contributed by atoms with Gasteiger partial charge in [-0.25, -0.2) is 0 Å². The quantitative estimate of drug-likeness (QED) is 0.383. The van der Waals surface area contributed by atoms with Crippen LogP contribution in [0.4, 0.5) is 0 Å². The van der Waals surface area contributed by atoms with Crippen LogP contribution < -0.4 is 5.73 Å². The molecule has 3 N–H and O–H groups in total. The highest BCUT2D eigenvalue weighted by atomic mass is 32.2. The number of hydrogen-bond acceptors (Lipinski definition) is 3. The molecule has 0 aromatic heterocycles. The normalized spacial score (nSPS) is 17.2. The zero-order valence-corrected chi connectivity index (χ0v) is 12.8. The van der Waals surface area contributed by atoms with E-state index in [-0.39, 0.29) is 5.84 Å². The second-order valence-corrected chi connectivity index (χ2v) is 6.86. The third kappa shape index (κ3) is 3.00. The maximum Gasteiger partial charge on any atom is 0.170 e. The Morgan fingerprint density at radius 1 is 1.05 bits per heavy atom. The zero-order valence-electron chi connectivity index (χ0n) is 12.0. The van der Waals surface area contributed by atoms with Crippen molar-refractivity contribution in [3.8, 4) is 0 Å². The van der Waals surface area contributed by atoms with Gasteiger partial charge in [-0.2, -0.15) is 0 Å². The van der Waals surface area contributed by atoms with Crippen LogP contribution in [0, 0.1) is 0 Å². The van der Waals surface area contributed by atoms with Crippen molar-refractivity contribution in [3.63, 3.8) is 0 Å². The Labute approximate surface area is 129 Å². The van der Waals surface area contributed by atoms with E-state index >= 15 is 0 Å². The summed E-state index contributed by atoms with van der Waals surface area (Å²) in [6.07, 6.45) is 6.68. The Bertz CT molecular complexity index is 663. The van der Waals surface area contributed by atoms with Gasteiger partial charge < -0.3 is 10.9 Å². The molecule has 2 aromatic carbocycles. The first-order valence-electron chi connectivity index (χ1n) is 7.46. The van der Waals surface area contributed by atoms with Crippen LogP contribution in [-0.2, 0) is 0 Å². The molecule has 2 aromatic rings. The summed E-state index contributed by atoms with van der Waals surface area (Å²) in [5.74, 6) is 0.167. The molecule has 4 heteroatoms. The van der Waals surface area contributed by atoms with Gasteiger partial charge in [0.15, 0.2) is 5.84 Å². The van der Waals surface area contributed by atoms with E-state index in [1.54, 1.807) is 0 Å². The Hall–Kier alpha value is -1.68. The Morgan fingerprint density at radius 3 is 2.48 bits per heavy atom. The van der Waals surface area contributed by atoms with Gasteiger partial charge in [0.1, 0.15) is 0 Å². The van der Waals surface area contributed by atoms with Crippen molar-refractivity contribution < 1.29 is 5.21 Å². The van der Waals surface area contributed by atoms with Crippen molar-refractivity contribution in [3.05, 3.63) is 42.0 Å². The third-order valence-electron chi connectivity index (χ3n) is 4.11. The number of rotatable bonds is 3. The first kappa shape index (κ1) is 14.3. The molecule has 21 heavy (non-hydrogen) atoms. The van der Waals surface area contributed by atoms with Crippen molar-refractivity contribution >= 4 is 28.4 Å². The second kappa shape index (κ2) is 6.39. The van der Waals surface area contributed by atoms with Gasteiger partial charge in [0.2, 0.25) is 0 Å². The van der Waals surface area contributed by atoms with E-state index < -0.39 is 0 Å². The molecule has 0 atom stereocenters. The lowest BCUT2D eigenvalue weighted by Gasteiger charge is -2.22. The summed E-state index contributed by atoms with van der Waals surface area (Å²) >= 11 is 1.98. The lowest BCUT2D eigenvalue weighted by atomic mass is 10.0. The summed E-state index contributed by atoms with van der Waals surface area (Å²) < 4.78 is 0. The van der Waals surface area contributed by atoms with Crippen LogP contribution in [0.1, 0.15) is 37.7 Å². The number of nitrogens with two attached hydrogens (primary N) is 1. The highest BCUT2D eigenvalue weighted by molar-refractivity contribution is 8.00. The number of benzene rings is 2. The molecule has 0 bridgehead atoms. The Kier molecular flexibility index (Phi) is 4.34. The Balaban J connectivity index is 2.00. The van der Waals surface area contributed by atoms with E-state index in [9.17, 15) is 0 Å². The summed E-state index contributed by atoms with van der Waals surface area (Å²) in [5, 5.41) is 15.0. The second-order valence-electron chi connectivity index (χ2n) is 5.52. The molecular weight excluding hydrogens is 280 g/mol. The van der Waals surface area contributed by atoms with E-state index in [1.807, 2.05) is 36.0 Å². The zero-order chi connectivity index (χ0) is 14.7. The van der Waals surface area contributed by atoms with Crippen LogP contribution in [0.2, 0.25) is 0 Å².